The van der Waals surface area contributed by atoms with E-state index in [2.05, 4.69) is 10.2 Å². The second-order valence-electron chi connectivity index (χ2n) is 8.27. The molecule has 1 aromatic heterocycles. The number of anilines is 1. The van der Waals surface area contributed by atoms with Gasteiger partial charge < -0.3 is 10.0 Å². The number of fused-ring (bicyclic) bond motifs is 2. The molecule has 0 bridgehead atoms. The summed E-state index contributed by atoms with van der Waals surface area (Å²) >= 11 is 0. The van der Waals surface area contributed by atoms with E-state index in [1.54, 1.807) is 37.4 Å². The van der Waals surface area contributed by atoms with Crippen molar-refractivity contribution in [3.8, 4) is 11.6 Å². The van der Waals surface area contributed by atoms with Crippen LogP contribution in [0.1, 0.15) is 22.3 Å². The minimum absolute atomic E-state index is 0.223. The van der Waals surface area contributed by atoms with Crippen LogP contribution in [-0.2, 0) is 4.79 Å². The first kappa shape index (κ1) is 21.3. The second-order valence-corrected chi connectivity index (χ2v) is 8.27. The number of benzene rings is 3. The van der Waals surface area contributed by atoms with E-state index in [0.717, 1.165) is 16.8 Å². The van der Waals surface area contributed by atoms with Gasteiger partial charge in [-0.1, -0.05) is 42.5 Å². The molecule has 7 heteroatoms. The molecule has 3 aromatic carbocycles. The Balaban J connectivity index is 1.68. The van der Waals surface area contributed by atoms with Gasteiger partial charge in [-0.3, -0.25) is 9.59 Å². The van der Waals surface area contributed by atoms with E-state index in [1.165, 1.54) is 15.7 Å². The smallest absolute Gasteiger partial charge is 0.279 e. The SMILES string of the molecule is Cc1ccc(-n2c(O)c(C=NN=C3C(=O)N(C)c4ccccc43)c3ccccc3c2=O)cc1C. The van der Waals surface area contributed by atoms with E-state index in [9.17, 15) is 14.7 Å². The minimum Gasteiger partial charge on any atom is -0.494 e. The standard InChI is InChI=1S/C27H22N4O3/c1-16-12-13-18(14-17(16)2)31-25(32)20-9-5-4-8-19(20)22(26(31)33)15-28-29-24-21-10-6-7-11-23(21)30(3)27(24)34/h4-15,33H,1-3H3. The highest BCUT2D eigenvalue weighted by Gasteiger charge is 2.31. The van der Waals surface area contributed by atoms with Crippen molar-refractivity contribution in [1.29, 1.82) is 0 Å². The Morgan fingerprint density at radius 3 is 2.35 bits per heavy atom. The summed E-state index contributed by atoms with van der Waals surface area (Å²) in [6.45, 7) is 3.94. The number of rotatable bonds is 3. The zero-order valence-corrected chi connectivity index (χ0v) is 19.0. The summed E-state index contributed by atoms with van der Waals surface area (Å²) in [7, 11) is 1.69. The van der Waals surface area contributed by atoms with Crippen molar-refractivity contribution >= 4 is 34.3 Å². The number of pyridine rings is 1. The summed E-state index contributed by atoms with van der Waals surface area (Å²) in [6, 6.07) is 19.9. The quantitative estimate of drug-likeness (QED) is 0.376. The van der Waals surface area contributed by atoms with Gasteiger partial charge in [-0.15, -0.1) is 5.10 Å². The first-order valence-corrected chi connectivity index (χ1v) is 10.8. The van der Waals surface area contributed by atoms with Crippen LogP contribution in [0.5, 0.6) is 5.88 Å². The molecule has 0 aliphatic carbocycles. The Morgan fingerprint density at radius 2 is 1.59 bits per heavy atom. The van der Waals surface area contributed by atoms with Crippen molar-refractivity contribution in [3.63, 3.8) is 0 Å². The van der Waals surface area contributed by atoms with Crippen LogP contribution in [0.25, 0.3) is 16.5 Å². The molecule has 1 aliphatic rings. The Kier molecular flexibility index (Phi) is 5.09. The fourth-order valence-electron chi connectivity index (χ4n) is 4.18. The van der Waals surface area contributed by atoms with Crippen molar-refractivity contribution in [2.45, 2.75) is 13.8 Å². The number of aromatic nitrogens is 1. The first-order valence-electron chi connectivity index (χ1n) is 10.8. The Morgan fingerprint density at radius 1 is 0.882 bits per heavy atom. The van der Waals surface area contributed by atoms with Crippen LogP contribution >= 0.6 is 0 Å². The monoisotopic (exact) mass is 450 g/mol. The summed E-state index contributed by atoms with van der Waals surface area (Å²) in [5, 5.41) is 20.5. The van der Waals surface area contributed by atoms with Gasteiger partial charge in [0, 0.05) is 23.4 Å². The first-order chi connectivity index (χ1) is 16.4. The van der Waals surface area contributed by atoms with Gasteiger partial charge in [0.2, 0.25) is 5.88 Å². The molecule has 7 nitrogen and oxygen atoms in total. The zero-order valence-electron chi connectivity index (χ0n) is 19.0. The molecule has 0 unspecified atom stereocenters. The average molecular weight is 450 g/mol. The number of hydrogen-bond acceptors (Lipinski definition) is 5. The number of para-hydroxylation sites is 1. The van der Waals surface area contributed by atoms with E-state index in [1.807, 2.05) is 50.2 Å². The summed E-state index contributed by atoms with van der Waals surface area (Å²) < 4.78 is 1.27. The van der Waals surface area contributed by atoms with Gasteiger partial charge in [0.1, 0.15) is 0 Å². The van der Waals surface area contributed by atoms with Gasteiger partial charge >= 0.3 is 0 Å². The lowest BCUT2D eigenvalue weighted by Crippen LogP contribution is -2.25. The molecule has 1 amide bonds. The number of hydrogen-bond donors (Lipinski definition) is 1. The van der Waals surface area contributed by atoms with Crippen LogP contribution in [0.15, 0.2) is 81.7 Å². The zero-order chi connectivity index (χ0) is 24.0. The number of carbonyl (C=O) groups excluding carboxylic acids is 1. The average Bonchev–Trinajstić information content (AvgIpc) is 3.08. The lowest BCUT2D eigenvalue weighted by molar-refractivity contribution is -0.111. The summed E-state index contributed by atoms with van der Waals surface area (Å²) in [5.41, 5.74) is 4.33. The number of aryl methyl sites for hydroxylation is 2. The molecule has 0 atom stereocenters. The predicted octanol–water partition coefficient (Wildman–Crippen LogP) is 4.11. The molecule has 34 heavy (non-hydrogen) atoms. The van der Waals surface area contributed by atoms with Gasteiger partial charge in [0.15, 0.2) is 5.71 Å². The highest BCUT2D eigenvalue weighted by molar-refractivity contribution is 6.54. The molecular formula is C27H22N4O3. The van der Waals surface area contributed by atoms with Gasteiger partial charge in [-0.25, -0.2) is 4.57 Å². The van der Waals surface area contributed by atoms with Crippen LogP contribution in [0, 0.1) is 13.8 Å². The molecule has 4 aromatic rings. The summed E-state index contributed by atoms with van der Waals surface area (Å²) in [4.78, 5) is 27.5. The Hall–Kier alpha value is -4.52. The topological polar surface area (TPSA) is 87.3 Å². The fourth-order valence-corrected chi connectivity index (χ4v) is 4.18. The van der Waals surface area contributed by atoms with Crippen molar-refractivity contribution in [3.05, 3.63) is 99.3 Å². The number of amides is 1. The van der Waals surface area contributed by atoms with Gasteiger partial charge in [0.05, 0.1) is 23.2 Å². The van der Waals surface area contributed by atoms with Crippen LogP contribution in [-0.4, -0.2) is 34.6 Å². The van der Waals surface area contributed by atoms with E-state index >= 15 is 0 Å². The third-order valence-corrected chi connectivity index (χ3v) is 6.22. The van der Waals surface area contributed by atoms with E-state index in [0.29, 0.717) is 27.6 Å². The molecule has 1 aliphatic heterocycles. The molecule has 0 spiro atoms. The Bertz CT molecular complexity index is 1600. The molecule has 0 radical (unpaired) electrons. The van der Waals surface area contributed by atoms with E-state index in [-0.39, 0.29) is 23.1 Å². The fraction of sp³-hybridized carbons (Fsp3) is 0.111. The van der Waals surface area contributed by atoms with Crippen LogP contribution < -0.4 is 10.5 Å². The molecule has 0 saturated heterocycles. The lowest BCUT2D eigenvalue weighted by Gasteiger charge is -2.14. The van der Waals surface area contributed by atoms with Crippen LogP contribution in [0.3, 0.4) is 0 Å². The highest BCUT2D eigenvalue weighted by atomic mass is 16.3. The number of aromatic hydroxyl groups is 1. The molecule has 168 valence electrons. The maximum Gasteiger partial charge on any atom is 0.279 e. The maximum atomic E-state index is 13.3. The normalized spacial score (nSPS) is 14.5. The van der Waals surface area contributed by atoms with Gasteiger partial charge in [0.25, 0.3) is 11.5 Å². The van der Waals surface area contributed by atoms with Crippen molar-refractivity contribution < 1.29 is 9.90 Å². The maximum absolute atomic E-state index is 13.3. The largest absolute Gasteiger partial charge is 0.494 e. The second kappa shape index (κ2) is 8.12. The minimum atomic E-state index is -0.332. The molecule has 0 fully saturated rings. The van der Waals surface area contributed by atoms with Crippen LogP contribution in [0.2, 0.25) is 0 Å². The summed E-state index contributed by atoms with van der Waals surface area (Å²) in [5.74, 6) is -0.501. The molecule has 1 N–H and O–H groups in total. The third kappa shape index (κ3) is 3.29. The van der Waals surface area contributed by atoms with E-state index in [4.69, 9.17) is 0 Å². The lowest BCUT2D eigenvalue weighted by atomic mass is 10.1. The van der Waals surface area contributed by atoms with Crippen LogP contribution in [0.4, 0.5) is 5.69 Å². The van der Waals surface area contributed by atoms with Crippen molar-refractivity contribution in [2.75, 3.05) is 11.9 Å². The highest BCUT2D eigenvalue weighted by Crippen LogP contribution is 2.29. The van der Waals surface area contributed by atoms with Crippen molar-refractivity contribution in [2.24, 2.45) is 10.2 Å². The van der Waals surface area contributed by atoms with Gasteiger partial charge in [-0.05, 0) is 49.2 Å². The Labute approximate surface area is 195 Å². The van der Waals surface area contributed by atoms with Gasteiger partial charge in [-0.2, -0.15) is 5.10 Å². The summed E-state index contributed by atoms with van der Waals surface area (Å²) in [6.07, 6.45) is 1.38. The number of nitrogens with zero attached hydrogens (tertiary/aromatic N) is 4. The predicted molar refractivity (Wildman–Crippen MR) is 135 cm³/mol. The molecule has 0 saturated carbocycles. The molecule has 2 heterocycles. The molecular weight excluding hydrogens is 428 g/mol. The molecule has 5 rings (SSSR count). The third-order valence-electron chi connectivity index (χ3n) is 6.22. The number of likely N-dealkylation sites (N-methyl/N-ethyl adjacent to an activating group) is 1. The van der Waals surface area contributed by atoms with E-state index < -0.39 is 0 Å². The number of carbonyl (C=O) groups is 1. The van der Waals surface area contributed by atoms with Crippen molar-refractivity contribution in [1.82, 2.24) is 4.57 Å².